The molecule has 4 aliphatic rings. The number of hydrogen-bond donors (Lipinski definition) is 2. The summed E-state index contributed by atoms with van der Waals surface area (Å²) in [5.41, 5.74) is -0.782. The Hall–Kier alpha value is -3.38. The molecule has 0 bridgehead atoms. The number of carbonyl (C=O) groups is 2. The number of carbonyl (C=O) groups excluding carboxylic acids is 2. The molecule has 1 atom stereocenters. The molecule has 1 saturated carbocycles. The van der Waals surface area contributed by atoms with Crippen LogP contribution < -0.4 is 15.0 Å². The number of rotatable bonds is 9. The minimum atomic E-state index is -0.987. The summed E-state index contributed by atoms with van der Waals surface area (Å²) in [5.74, 6) is 0.487. The maximum Gasteiger partial charge on any atom is 0.282 e. The number of halogens is 1. The summed E-state index contributed by atoms with van der Waals surface area (Å²) in [6.07, 6.45) is 8.53. The highest BCUT2D eigenvalue weighted by atomic mass is 19.1. The lowest BCUT2D eigenvalue weighted by molar-refractivity contribution is -0.129. The zero-order valence-corrected chi connectivity index (χ0v) is 29.3. The Balaban J connectivity index is 1.03. The van der Waals surface area contributed by atoms with Crippen LogP contribution in [-0.4, -0.2) is 97.8 Å². The van der Waals surface area contributed by atoms with Gasteiger partial charge in [0.1, 0.15) is 17.9 Å². The molecule has 11 nitrogen and oxygen atoms in total. The van der Waals surface area contributed by atoms with Crippen LogP contribution in [0.2, 0.25) is 0 Å². The lowest BCUT2D eigenvalue weighted by atomic mass is 9.71. The van der Waals surface area contributed by atoms with Crippen LogP contribution in [0.4, 0.5) is 10.2 Å². The first-order valence-electron chi connectivity index (χ1n) is 17.7. The topological polar surface area (TPSA) is 124 Å². The third-order valence-corrected chi connectivity index (χ3v) is 11.3. The number of benzene rings is 1. The summed E-state index contributed by atoms with van der Waals surface area (Å²) in [6.45, 7) is 16.1. The van der Waals surface area contributed by atoms with E-state index in [0.29, 0.717) is 11.7 Å². The molecule has 12 heteroatoms. The normalized spacial score (nSPS) is 25.9. The zero-order chi connectivity index (χ0) is 34.4. The molecule has 6 rings (SSSR count). The number of piperidine rings is 1. The molecule has 0 radical (unpaired) electrons. The van der Waals surface area contributed by atoms with E-state index >= 15 is 0 Å². The monoisotopic (exact) mass is 665 g/mol. The molecule has 3 saturated heterocycles. The number of anilines is 1. The zero-order valence-electron chi connectivity index (χ0n) is 29.3. The van der Waals surface area contributed by atoms with Crippen molar-refractivity contribution >= 4 is 17.6 Å². The number of ether oxygens (including phenoxy) is 1. The van der Waals surface area contributed by atoms with Gasteiger partial charge in [-0.1, -0.05) is 0 Å². The Morgan fingerprint density at radius 2 is 1.79 bits per heavy atom. The maximum absolute atomic E-state index is 14.4. The number of hydrogen-bond acceptors (Lipinski definition) is 9. The standard InChI is InChI=1S/C36H52FN7O4/c1-23(2)44(24(3)4)33(46)27-17-26(37)7-8-29(27)48-32-30(38-22-39-41-32)43-20-35(21-43)13-15-42(16-14-35)19-25-9-11-36(12-10-25)18-28(31(45)40-36)34(5,6)47/h7-8,17,22-25,28,47H,9-16,18-21H2,1-6H3,(H,40,45)/t25-,28-,36-/m1/s1. The van der Waals surface area contributed by atoms with Gasteiger partial charge in [0.15, 0.2) is 5.82 Å². The molecular formula is C36H52FN7O4. The molecule has 1 aromatic carbocycles. The SMILES string of the molecule is CC(C)N(C(=O)c1cc(F)ccc1Oc1nncnc1N1CC2(CCN(C[C@H]3CC[C@]4(CC3)C[C@@H](C(C)(C)O)C(=O)N4)CC2)C1)C(C)C. The van der Waals surface area contributed by atoms with Gasteiger partial charge in [-0.25, -0.2) is 9.37 Å². The molecular weight excluding hydrogens is 613 g/mol. The first-order valence-corrected chi connectivity index (χ1v) is 17.7. The van der Waals surface area contributed by atoms with E-state index in [9.17, 15) is 19.1 Å². The quantitative estimate of drug-likeness (QED) is 0.389. The van der Waals surface area contributed by atoms with Gasteiger partial charge in [0, 0.05) is 42.7 Å². The fourth-order valence-corrected chi connectivity index (χ4v) is 8.61. The van der Waals surface area contributed by atoms with Crippen molar-refractivity contribution in [3.63, 3.8) is 0 Å². The lowest BCUT2D eigenvalue weighted by Crippen LogP contribution is -2.61. The van der Waals surface area contributed by atoms with Gasteiger partial charge < -0.3 is 29.9 Å². The van der Waals surface area contributed by atoms with Crippen LogP contribution in [-0.2, 0) is 4.79 Å². The Kier molecular flexibility index (Phi) is 9.45. The number of likely N-dealkylation sites (tertiary alicyclic amines) is 1. The van der Waals surface area contributed by atoms with Gasteiger partial charge >= 0.3 is 0 Å². The number of amides is 2. The van der Waals surface area contributed by atoms with Gasteiger partial charge in [-0.3, -0.25) is 9.59 Å². The highest BCUT2D eigenvalue weighted by molar-refractivity contribution is 5.97. The molecule has 2 N–H and O–H groups in total. The van der Waals surface area contributed by atoms with Crippen molar-refractivity contribution in [2.45, 2.75) is 110 Å². The predicted molar refractivity (Wildman–Crippen MR) is 180 cm³/mol. The van der Waals surface area contributed by atoms with Gasteiger partial charge in [-0.2, -0.15) is 0 Å². The molecule has 1 aliphatic carbocycles. The molecule has 2 amide bonds. The van der Waals surface area contributed by atoms with Crippen molar-refractivity contribution in [2.75, 3.05) is 37.6 Å². The molecule has 4 heterocycles. The van der Waals surface area contributed by atoms with Gasteiger partial charge in [0.05, 0.1) is 17.1 Å². The van der Waals surface area contributed by atoms with Crippen molar-refractivity contribution in [1.29, 1.82) is 0 Å². The van der Waals surface area contributed by atoms with Crippen LogP contribution >= 0.6 is 0 Å². The van der Waals surface area contributed by atoms with E-state index in [2.05, 4.69) is 30.3 Å². The smallest absolute Gasteiger partial charge is 0.282 e. The van der Waals surface area contributed by atoms with Gasteiger partial charge in [-0.05, 0) is 124 Å². The summed E-state index contributed by atoms with van der Waals surface area (Å²) in [7, 11) is 0. The Labute approximate surface area is 283 Å². The van der Waals surface area contributed by atoms with Crippen molar-refractivity contribution in [1.82, 2.24) is 30.3 Å². The number of nitrogens with zero attached hydrogens (tertiary/aromatic N) is 6. The highest BCUT2D eigenvalue weighted by Gasteiger charge is 2.51. The van der Waals surface area contributed by atoms with Crippen molar-refractivity contribution < 1.29 is 23.8 Å². The Morgan fingerprint density at radius 1 is 1.12 bits per heavy atom. The van der Waals surface area contributed by atoms with Gasteiger partial charge in [0.2, 0.25) is 5.91 Å². The largest absolute Gasteiger partial charge is 0.434 e. The summed E-state index contributed by atoms with van der Waals surface area (Å²) in [5, 5.41) is 21.9. The minimum Gasteiger partial charge on any atom is -0.434 e. The lowest BCUT2D eigenvalue weighted by Gasteiger charge is -2.54. The van der Waals surface area contributed by atoms with Crippen LogP contribution in [0.15, 0.2) is 24.5 Å². The molecule has 3 aliphatic heterocycles. The Bertz CT molecular complexity index is 1480. The van der Waals surface area contributed by atoms with Gasteiger partial charge in [-0.15, -0.1) is 10.2 Å². The van der Waals surface area contributed by atoms with Crippen LogP contribution in [0.1, 0.15) is 96.8 Å². The molecule has 2 aromatic rings. The number of nitrogens with one attached hydrogen (secondary N) is 1. The van der Waals surface area contributed by atoms with Crippen LogP contribution in [0.5, 0.6) is 11.6 Å². The average Bonchev–Trinajstić information content (AvgIpc) is 3.34. The summed E-state index contributed by atoms with van der Waals surface area (Å²) in [6, 6.07) is 3.82. The Morgan fingerprint density at radius 3 is 2.40 bits per heavy atom. The molecule has 2 spiro atoms. The van der Waals surface area contributed by atoms with Gasteiger partial charge in [0.25, 0.3) is 11.8 Å². The van der Waals surface area contributed by atoms with E-state index in [1.54, 1.807) is 18.7 Å². The minimum absolute atomic E-state index is 0.00294. The third-order valence-electron chi connectivity index (χ3n) is 11.3. The van der Waals surface area contributed by atoms with Crippen LogP contribution in [0.3, 0.4) is 0 Å². The molecule has 4 fully saturated rings. The average molecular weight is 666 g/mol. The first kappa shape index (κ1) is 34.5. The van der Waals surface area contributed by atoms with E-state index in [0.717, 1.165) is 77.7 Å². The van der Waals surface area contributed by atoms with Crippen molar-refractivity contribution in [2.24, 2.45) is 17.3 Å². The summed E-state index contributed by atoms with van der Waals surface area (Å²) in [4.78, 5) is 37.1. The van der Waals surface area contributed by atoms with E-state index < -0.39 is 11.4 Å². The first-order chi connectivity index (χ1) is 22.7. The second-order valence-electron chi connectivity index (χ2n) is 16.0. The number of aromatic nitrogens is 3. The van der Waals surface area contributed by atoms with Crippen LogP contribution in [0.25, 0.3) is 0 Å². The third kappa shape index (κ3) is 7.01. The highest BCUT2D eigenvalue weighted by Crippen LogP contribution is 2.46. The molecule has 262 valence electrons. The second kappa shape index (κ2) is 13.2. The van der Waals surface area contributed by atoms with Crippen molar-refractivity contribution in [3.8, 4) is 11.6 Å². The maximum atomic E-state index is 14.4. The fourth-order valence-electron chi connectivity index (χ4n) is 8.61. The van der Waals surface area contributed by atoms with Crippen molar-refractivity contribution in [3.05, 3.63) is 35.9 Å². The molecule has 0 unspecified atom stereocenters. The fraction of sp³-hybridized carbons (Fsp3) is 0.694. The van der Waals surface area contributed by atoms with E-state index in [1.165, 1.54) is 24.5 Å². The van der Waals surface area contributed by atoms with Crippen LogP contribution in [0, 0.1) is 23.1 Å². The molecule has 1 aromatic heterocycles. The summed E-state index contributed by atoms with van der Waals surface area (Å²) < 4.78 is 20.6. The summed E-state index contributed by atoms with van der Waals surface area (Å²) >= 11 is 0. The van der Waals surface area contributed by atoms with E-state index in [-0.39, 0.29) is 58.0 Å². The van der Waals surface area contributed by atoms with E-state index in [4.69, 9.17) is 4.74 Å². The predicted octanol–water partition coefficient (Wildman–Crippen LogP) is 4.80. The second-order valence-corrected chi connectivity index (χ2v) is 16.0. The van der Waals surface area contributed by atoms with E-state index in [1.807, 2.05) is 27.7 Å². The molecule has 48 heavy (non-hydrogen) atoms. The number of aliphatic hydroxyl groups is 1.